The molecule has 1 heterocycles. The number of rotatable bonds is 2. The quantitative estimate of drug-likeness (QED) is 0.789. The van der Waals surface area contributed by atoms with Gasteiger partial charge in [-0.3, -0.25) is 0 Å². The molecule has 3 rings (SSSR count). The minimum absolute atomic E-state index is 0.311. The Morgan fingerprint density at radius 2 is 2.22 bits per heavy atom. The minimum Gasteiger partial charge on any atom is -0.508 e. The van der Waals surface area contributed by atoms with Crippen molar-refractivity contribution in [3.8, 4) is 5.75 Å². The van der Waals surface area contributed by atoms with Crippen LogP contribution in [0.5, 0.6) is 5.75 Å². The number of aryl methyl sites for hydroxylation is 2. The van der Waals surface area contributed by atoms with Gasteiger partial charge in [0.2, 0.25) is 0 Å². The zero-order valence-electron chi connectivity index (χ0n) is 10.4. The number of phenols is 1. The largest absolute Gasteiger partial charge is 0.508 e. The summed E-state index contributed by atoms with van der Waals surface area (Å²) in [5.74, 6) is 1.42. The molecule has 1 aliphatic carbocycles. The fraction of sp³-hybridized carbons (Fsp3) is 0.333. The van der Waals surface area contributed by atoms with Gasteiger partial charge in [0.25, 0.3) is 0 Å². The van der Waals surface area contributed by atoms with Gasteiger partial charge in [0.05, 0.1) is 12.3 Å². The summed E-state index contributed by atoms with van der Waals surface area (Å²) >= 11 is 0. The molecule has 3 nitrogen and oxygen atoms in total. The second kappa shape index (κ2) is 4.41. The van der Waals surface area contributed by atoms with E-state index in [1.54, 1.807) is 18.4 Å². The number of aromatic hydroxyl groups is 1. The predicted octanol–water partition coefficient (Wildman–Crippen LogP) is 3.78. The van der Waals surface area contributed by atoms with Gasteiger partial charge in [0, 0.05) is 17.7 Å². The molecule has 0 fully saturated rings. The van der Waals surface area contributed by atoms with Crippen LogP contribution >= 0.6 is 0 Å². The van der Waals surface area contributed by atoms with Crippen molar-refractivity contribution in [3.05, 3.63) is 47.4 Å². The van der Waals surface area contributed by atoms with E-state index in [-0.39, 0.29) is 0 Å². The molecule has 94 valence electrons. The van der Waals surface area contributed by atoms with Crippen molar-refractivity contribution in [2.75, 3.05) is 5.32 Å². The maximum absolute atomic E-state index is 9.43. The van der Waals surface area contributed by atoms with E-state index in [1.807, 2.05) is 13.0 Å². The van der Waals surface area contributed by atoms with Crippen molar-refractivity contribution in [3.63, 3.8) is 0 Å². The van der Waals surface area contributed by atoms with Crippen molar-refractivity contribution in [2.24, 2.45) is 0 Å². The van der Waals surface area contributed by atoms with Crippen LogP contribution in [0, 0.1) is 6.92 Å². The van der Waals surface area contributed by atoms with Gasteiger partial charge in [-0.25, -0.2) is 0 Å². The molecule has 0 bridgehead atoms. The number of hydrogen-bond acceptors (Lipinski definition) is 3. The highest BCUT2D eigenvalue weighted by Gasteiger charge is 2.22. The van der Waals surface area contributed by atoms with E-state index >= 15 is 0 Å². The number of anilines is 1. The van der Waals surface area contributed by atoms with Crippen molar-refractivity contribution in [1.29, 1.82) is 0 Å². The molecule has 0 spiro atoms. The predicted molar refractivity (Wildman–Crippen MR) is 70.9 cm³/mol. The molecule has 1 aliphatic rings. The van der Waals surface area contributed by atoms with Crippen LogP contribution < -0.4 is 5.32 Å². The summed E-state index contributed by atoms with van der Waals surface area (Å²) in [6.07, 6.45) is 5.07. The van der Waals surface area contributed by atoms with Crippen LogP contribution in [0.2, 0.25) is 0 Å². The molecule has 1 aromatic heterocycles. The average Bonchev–Trinajstić information content (AvgIpc) is 2.82. The lowest BCUT2D eigenvalue weighted by atomic mass is 9.93. The van der Waals surface area contributed by atoms with E-state index in [0.717, 1.165) is 36.3 Å². The van der Waals surface area contributed by atoms with E-state index in [9.17, 15) is 5.11 Å². The van der Waals surface area contributed by atoms with Gasteiger partial charge < -0.3 is 14.8 Å². The van der Waals surface area contributed by atoms with Crippen LogP contribution in [0.15, 0.2) is 34.9 Å². The van der Waals surface area contributed by atoms with Gasteiger partial charge in [-0.2, -0.15) is 0 Å². The minimum atomic E-state index is 0.311. The van der Waals surface area contributed by atoms with Gasteiger partial charge >= 0.3 is 0 Å². The van der Waals surface area contributed by atoms with Crippen LogP contribution in [-0.4, -0.2) is 5.11 Å². The molecule has 0 amide bonds. The van der Waals surface area contributed by atoms with E-state index in [0.29, 0.717) is 11.8 Å². The van der Waals surface area contributed by atoms with E-state index < -0.39 is 0 Å². The van der Waals surface area contributed by atoms with Gasteiger partial charge in [-0.15, -0.1) is 0 Å². The summed E-state index contributed by atoms with van der Waals surface area (Å²) in [7, 11) is 0. The number of benzene rings is 1. The van der Waals surface area contributed by atoms with Crippen molar-refractivity contribution in [2.45, 2.75) is 32.2 Å². The number of fused-ring (bicyclic) bond motifs is 1. The topological polar surface area (TPSA) is 45.4 Å². The van der Waals surface area contributed by atoms with Gasteiger partial charge in [-0.1, -0.05) is 0 Å². The molecule has 0 aliphatic heterocycles. The molecule has 2 aromatic rings. The first kappa shape index (κ1) is 11.2. The number of phenolic OH excluding ortho intramolecular Hbond substituents is 1. The fourth-order valence-electron chi connectivity index (χ4n) is 2.63. The second-order valence-corrected chi connectivity index (χ2v) is 4.89. The monoisotopic (exact) mass is 243 g/mol. The molecule has 18 heavy (non-hydrogen) atoms. The molecule has 1 aromatic carbocycles. The molecule has 0 saturated carbocycles. The first-order chi connectivity index (χ1) is 8.74. The zero-order chi connectivity index (χ0) is 12.5. The Balaban J connectivity index is 1.86. The van der Waals surface area contributed by atoms with Crippen LogP contribution in [-0.2, 0) is 6.42 Å². The van der Waals surface area contributed by atoms with Gasteiger partial charge in [0.15, 0.2) is 0 Å². The molecule has 3 heteroatoms. The van der Waals surface area contributed by atoms with Crippen LogP contribution in [0.3, 0.4) is 0 Å². The van der Waals surface area contributed by atoms with Crippen LogP contribution in [0.1, 0.15) is 35.8 Å². The van der Waals surface area contributed by atoms with E-state index in [2.05, 4.69) is 11.4 Å². The lowest BCUT2D eigenvalue weighted by Gasteiger charge is -2.24. The van der Waals surface area contributed by atoms with Crippen LogP contribution in [0.4, 0.5) is 5.69 Å². The Morgan fingerprint density at radius 1 is 1.33 bits per heavy atom. The molecule has 1 unspecified atom stereocenters. The highest BCUT2D eigenvalue weighted by Crippen LogP contribution is 2.34. The normalized spacial score (nSPS) is 18.4. The highest BCUT2D eigenvalue weighted by molar-refractivity contribution is 5.55. The summed E-state index contributed by atoms with van der Waals surface area (Å²) < 4.78 is 5.49. The summed E-state index contributed by atoms with van der Waals surface area (Å²) in [5, 5.41) is 13.0. The first-order valence-corrected chi connectivity index (χ1v) is 6.36. The molecular formula is C15H17NO2. The number of nitrogens with one attached hydrogen (secondary N) is 1. The summed E-state index contributed by atoms with van der Waals surface area (Å²) in [5.41, 5.74) is 3.41. The Kier molecular flexibility index (Phi) is 2.74. The maximum atomic E-state index is 9.43. The summed E-state index contributed by atoms with van der Waals surface area (Å²) in [6.45, 7) is 2.00. The smallest absolute Gasteiger partial charge is 0.115 e. The van der Waals surface area contributed by atoms with Crippen LogP contribution in [0.25, 0.3) is 0 Å². The van der Waals surface area contributed by atoms with Crippen molar-refractivity contribution in [1.82, 2.24) is 0 Å². The standard InChI is InChI=1S/C15H17NO2/c1-10-9-11(17)5-6-13(10)16-14-3-2-4-15-12(14)7-8-18-15/h5-9,14,16-17H,2-4H2,1H3. The Hall–Kier alpha value is -1.90. The third kappa shape index (κ3) is 1.96. The van der Waals surface area contributed by atoms with E-state index in [1.165, 1.54) is 5.56 Å². The average molecular weight is 243 g/mol. The number of hydrogen-bond donors (Lipinski definition) is 2. The Labute approximate surface area is 106 Å². The summed E-state index contributed by atoms with van der Waals surface area (Å²) in [4.78, 5) is 0. The lowest BCUT2D eigenvalue weighted by Crippen LogP contribution is -2.16. The fourth-order valence-corrected chi connectivity index (χ4v) is 2.63. The third-order valence-electron chi connectivity index (χ3n) is 3.59. The molecule has 0 saturated heterocycles. The third-order valence-corrected chi connectivity index (χ3v) is 3.59. The zero-order valence-corrected chi connectivity index (χ0v) is 10.4. The Morgan fingerprint density at radius 3 is 3.06 bits per heavy atom. The summed E-state index contributed by atoms with van der Waals surface area (Å²) in [6, 6.07) is 7.80. The van der Waals surface area contributed by atoms with Gasteiger partial charge in [0.1, 0.15) is 11.5 Å². The number of furan rings is 1. The SMILES string of the molecule is Cc1cc(O)ccc1NC1CCCc2occc21. The first-order valence-electron chi connectivity index (χ1n) is 6.36. The van der Waals surface area contributed by atoms with Crippen molar-refractivity contribution >= 4 is 5.69 Å². The maximum Gasteiger partial charge on any atom is 0.115 e. The molecule has 2 N–H and O–H groups in total. The molecular weight excluding hydrogens is 226 g/mol. The second-order valence-electron chi connectivity index (χ2n) is 4.89. The van der Waals surface area contributed by atoms with E-state index in [4.69, 9.17) is 4.42 Å². The lowest BCUT2D eigenvalue weighted by molar-refractivity contribution is 0.461. The van der Waals surface area contributed by atoms with Gasteiger partial charge in [-0.05, 0) is 49.6 Å². The highest BCUT2D eigenvalue weighted by atomic mass is 16.3. The molecule has 1 atom stereocenters. The van der Waals surface area contributed by atoms with Crippen molar-refractivity contribution < 1.29 is 9.52 Å². The Bertz CT molecular complexity index is 559. The molecule has 0 radical (unpaired) electrons.